The number of hydrogen-bond donors (Lipinski definition) is 1. The monoisotopic (exact) mass is 434 g/mol. The number of hydrogen-bond acceptors (Lipinski definition) is 5. The van der Waals surface area contributed by atoms with Crippen molar-refractivity contribution in [1.82, 2.24) is 9.55 Å². The van der Waals surface area contributed by atoms with Gasteiger partial charge in [-0.2, -0.15) is 0 Å². The largest absolute Gasteiger partial charge is 0.495 e. The summed E-state index contributed by atoms with van der Waals surface area (Å²) < 4.78 is 13.0. The van der Waals surface area contributed by atoms with E-state index in [1.54, 1.807) is 12.0 Å². The van der Waals surface area contributed by atoms with Crippen molar-refractivity contribution in [3.8, 4) is 5.75 Å². The summed E-state index contributed by atoms with van der Waals surface area (Å²) >= 11 is 0. The van der Waals surface area contributed by atoms with Crippen LogP contribution in [0.3, 0.4) is 0 Å². The third-order valence-corrected chi connectivity index (χ3v) is 6.10. The normalized spacial score (nSPS) is 20.1. The Morgan fingerprint density at radius 2 is 2.12 bits per heavy atom. The maximum absolute atomic E-state index is 13.4. The first-order valence-electron chi connectivity index (χ1n) is 10.9. The maximum Gasteiger partial charge on any atom is 0.253 e. The summed E-state index contributed by atoms with van der Waals surface area (Å²) in [6.07, 6.45) is 1.91. The van der Waals surface area contributed by atoms with Crippen molar-refractivity contribution in [3.63, 3.8) is 0 Å². The van der Waals surface area contributed by atoms with Crippen LogP contribution in [0.5, 0.6) is 5.75 Å². The average Bonchev–Trinajstić information content (AvgIpc) is 3.48. The van der Waals surface area contributed by atoms with Gasteiger partial charge in [0.1, 0.15) is 11.8 Å². The molecule has 2 amide bonds. The lowest BCUT2D eigenvalue weighted by Gasteiger charge is -2.19. The third-order valence-electron chi connectivity index (χ3n) is 6.10. The summed E-state index contributed by atoms with van der Waals surface area (Å²) in [4.78, 5) is 32.8. The number of benzene rings is 2. The van der Waals surface area contributed by atoms with E-state index >= 15 is 0 Å². The highest BCUT2D eigenvalue weighted by molar-refractivity contribution is 6.05. The Morgan fingerprint density at radius 3 is 2.91 bits per heavy atom. The lowest BCUT2D eigenvalue weighted by molar-refractivity contribution is -0.124. The molecule has 5 rings (SSSR count). The molecule has 8 heteroatoms. The molecule has 2 atom stereocenters. The van der Waals surface area contributed by atoms with E-state index in [2.05, 4.69) is 5.32 Å². The number of aryl methyl sites for hydroxylation is 1. The van der Waals surface area contributed by atoms with Crippen molar-refractivity contribution in [3.05, 3.63) is 48.0 Å². The summed E-state index contributed by atoms with van der Waals surface area (Å²) in [6.45, 7) is 3.11. The van der Waals surface area contributed by atoms with E-state index in [0.29, 0.717) is 30.5 Å². The van der Waals surface area contributed by atoms with Crippen LogP contribution in [0, 0.1) is 6.92 Å². The third kappa shape index (κ3) is 3.60. The second-order valence-corrected chi connectivity index (χ2v) is 8.33. The van der Waals surface area contributed by atoms with Gasteiger partial charge in [-0.05, 0) is 49.6 Å². The van der Waals surface area contributed by atoms with Crippen LogP contribution in [0.2, 0.25) is 0 Å². The second-order valence-electron chi connectivity index (χ2n) is 8.33. The molecule has 1 aromatic heterocycles. The van der Waals surface area contributed by atoms with Gasteiger partial charge in [0.2, 0.25) is 11.9 Å². The molecule has 2 aromatic carbocycles. The topological polar surface area (TPSA) is 85.7 Å². The van der Waals surface area contributed by atoms with Gasteiger partial charge in [-0.25, -0.2) is 4.98 Å². The molecule has 3 heterocycles. The van der Waals surface area contributed by atoms with E-state index in [1.165, 1.54) is 0 Å². The minimum absolute atomic E-state index is 0.00339. The Balaban J connectivity index is 1.44. The lowest BCUT2D eigenvalue weighted by Crippen LogP contribution is -2.37. The van der Waals surface area contributed by atoms with Crippen molar-refractivity contribution in [2.75, 3.05) is 30.5 Å². The van der Waals surface area contributed by atoms with E-state index in [0.717, 1.165) is 29.4 Å². The van der Waals surface area contributed by atoms with Crippen molar-refractivity contribution in [1.29, 1.82) is 0 Å². The average molecular weight is 434 g/mol. The predicted octanol–water partition coefficient (Wildman–Crippen LogP) is 3.45. The number of nitrogens with zero attached hydrogens (tertiary/aromatic N) is 3. The number of rotatable bonds is 6. The number of carbonyl (C=O) groups excluding carboxylic acids is 2. The molecule has 0 bridgehead atoms. The van der Waals surface area contributed by atoms with Crippen LogP contribution in [0.1, 0.15) is 30.9 Å². The Bertz CT molecular complexity index is 1180. The highest BCUT2D eigenvalue weighted by atomic mass is 16.5. The zero-order valence-electron chi connectivity index (χ0n) is 18.2. The highest BCUT2D eigenvalue weighted by Gasteiger charge is 2.42. The SMILES string of the molecule is COc1ccc(C)cc1NC(=O)CC1C(=O)N(CC2CCCO2)c2nc3ccccc3n21. The number of para-hydroxylation sites is 2. The molecule has 0 spiro atoms. The smallest absolute Gasteiger partial charge is 0.253 e. The van der Waals surface area contributed by atoms with Gasteiger partial charge in [0.25, 0.3) is 5.91 Å². The number of carbonyl (C=O) groups is 2. The van der Waals surface area contributed by atoms with Crippen LogP contribution >= 0.6 is 0 Å². The quantitative estimate of drug-likeness (QED) is 0.642. The van der Waals surface area contributed by atoms with Gasteiger partial charge in [0, 0.05) is 6.61 Å². The molecule has 2 aliphatic heterocycles. The zero-order chi connectivity index (χ0) is 22.2. The molecular formula is C24H26N4O4. The van der Waals surface area contributed by atoms with E-state index < -0.39 is 6.04 Å². The number of nitrogens with one attached hydrogen (secondary N) is 1. The van der Waals surface area contributed by atoms with Gasteiger partial charge < -0.3 is 14.8 Å². The molecule has 32 heavy (non-hydrogen) atoms. The molecule has 3 aromatic rings. The van der Waals surface area contributed by atoms with Gasteiger partial charge in [-0.3, -0.25) is 19.1 Å². The van der Waals surface area contributed by atoms with Gasteiger partial charge in [-0.1, -0.05) is 18.2 Å². The van der Waals surface area contributed by atoms with E-state index in [9.17, 15) is 9.59 Å². The predicted molar refractivity (Wildman–Crippen MR) is 121 cm³/mol. The summed E-state index contributed by atoms with van der Waals surface area (Å²) in [6, 6.07) is 12.6. The Morgan fingerprint density at radius 1 is 1.28 bits per heavy atom. The van der Waals surface area contributed by atoms with Crippen LogP contribution in [-0.4, -0.2) is 47.7 Å². The standard InChI is InChI=1S/C24H26N4O4/c1-15-9-10-21(31-2)18(12-15)25-22(29)13-20-23(30)27(14-16-6-5-11-32-16)24-26-17-7-3-4-8-19(17)28(20)24/h3-4,7-10,12,16,20H,5-6,11,13-14H2,1-2H3,(H,25,29). The summed E-state index contributed by atoms with van der Waals surface area (Å²) in [7, 11) is 1.56. The van der Waals surface area contributed by atoms with Crippen LogP contribution in [0.4, 0.5) is 11.6 Å². The number of fused-ring (bicyclic) bond motifs is 3. The van der Waals surface area contributed by atoms with Gasteiger partial charge in [-0.15, -0.1) is 0 Å². The Labute approximate surface area is 186 Å². The molecule has 1 N–H and O–H groups in total. The van der Waals surface area contributed by atoms with E-state index in [1.807, 2.05) is 54.0 Å². The molecule has 8 nitrogen and oxygen atoms in total. The molecule has 0 radical (unpaired) electrons. The molecular weight excluding hydrogens is 408 g/mol. The van der Waals surface area contributed by atoms with Crippen molar-refractivity contribution < 1.29 is 19.1 Å². The molecule has 1 fully saturated rings. The van der Waals surface area contributed by atoms with Gasteiger partial charge in [0.05, 0.1) is 42.9 Å². The molecule has 2 aliphatic rings. The van der Waals surface area contributed by atoms with Crippen molar-refractivity contribution in [2.24, 2.45) is 0 Å². The van der Waals surface area contributed by atoms with Crippen LogP contribution < -0.4 is 15.0 Å². The maximum atomic E-state index is 13.4. The van der Waals surface area contributed by atoms with Crippen molar-refractivity contribution in [2.45, 2.75) is 38.3 Å². The molecule has 0 aliphatic carbocycles. The molecule has 0 saturated carbocycles. The molecule has 166 valence electrons. The second kappa shape index (κ2) is 8.27. The number of anilines is 2. The summed E-state index contributed by atoms with van der Waals surface area (Å²) in [5, 5.41) is 2.92. The van der Waals surface area contributed by atoms with Crippen LogP contribution in [0.15, 0.2) is 42.5 Å². The van der Waals surface area contributed by atoms with E-state index in [4.69, 9.17) is 14.5 Å². The number of amides is 2. The minimum Gasteiger partial charge on any atom is -0.495 e. The van der Waals surface area contributed by atoms with E-state index in [-0.39, 0.29) is 24.3 Å². The fourth-order valence-electron chi connectivity index (χ4n) is 4.56. The van der Waals surface area contributed by atoms with Gasteiger partial charge in [0.15, 0.2) is 0 Å². The number of ether oxygens (including phenoxy) is 2. The Hall–Kier alpha value is -3.39. The van der Waals surface area contributed by atoms with Crippen LogP contribution in [-0.2, 0) is 14.3 Å². The first kappa shape index (κ1) is 20.5. The first-order chi connectivity index (χ1) is 15.5. The highest BCUT2D eigenvalue weighted by Crippen LogP contribution is 2.37. The van der Waals surface area contributed by atoms with Crippen LogP contribution in [0.25, 0.3) is 11.0 Å². The molecule has 2 unspecified atom stereocenters. The lowest BCUT2D eigenvalue weighted by atomic mass is 10.1. The summed E-state index contributed by atoms with van der Waals surface area (Å²) in [5.41, 5.74) is 3.24. The number of aromatic nitrogens is 2. The number of imidazole rings is 1. The van der Waals surface area contributed by atoms with Crippen molar-refractivity contribution >= 4 is 34.5 Å². The Kier molecular flexibility index (Phi) is 5.30. The number of methoxy groups -OCH3 is 1. The first-order valence-corrected chi connectivity index (χ1v) is 10.9. The zero-order valence-corrected chi connectivity index (χ0v) is 18.2. The summed E-state index contributed by atoms with van der Waals surface area (Å²) in [5.74, 6) is 0.781. The fourth-order valence-corrected chi connectivity index (χ4v) is 4.56. The van der Waals surface area contributed by atoms with Gasteiger partial charge >= 0.3 is 0 Å². The fraction of sp³-hybridized carbons (Fsp3) is 0.375. The molecule has 1 saturated heterocycles. The minimum atomic E-state index is -0.658.